The van der Waals surface area contributed by atoms with Gasteiger partial charge in [-0.2, -0.15) is 0 Å². The number of benzene rings is 2. The first-order valence-corrected chi connectivity index (χ1v) is 28.1. The van der Waals surface area contributed by atoms with Crippen molar-refractivity contribution in [1.29, 1.82) is 0 Å². The number of nitrogens with one attached hydrogen (secondary N) is 1. The molecule has 6 aliphatic rings. The molecule has 14 rings (SSSR count). The van der Waals surface area contributed by atoms with Crippen LogP contribution in [0.1, 0.15) is 59.6 Å². The van der Waals surface area contributed by atoms with Crippen LogP contribution in [0.15, 0.2) is 85.5 Å². The molecule has 2 aromatic carbocycles. The molecule has 0 unspecified atom stereocenters. The first-order chi connectivity index (χ1) is 39.3. The van der Waals surface area contributed by atoms with E-state index < -0.39 is 23.3 Å². The number of ether oxygens (including phenoxy) is 4. The number of nitrogens with zero attached hydrogens (tertiary/aromatic N) is 9. The van der Waals surface area contributed by atoms with Gasteiger partial charge in [0.05, 0.1) is 117 Å². The van der Waals surface area contributed by atoms with Crippen molar-refractivity contribution in [3.05, 3.63) is 148 Å². The molecule has 0 bridgehead atoms. The molecular weight excluding hydrogens is 1060 g/mol. The number of pyridine rings is 6. The van der Waals surface area contributed by atoms with Gasteiger partial charge in [0, 0.05) is 136 Å². The Labute approximate surface area is 472 Å². The second-order valence-corrected chi connectivity index (χ2v) is 22.2. The van der Waals surface area contributed by atoms with Gasteiger partial charge < -0.3 is 39.0 Å². The molecule has 420 valence electrons. The van der Waals surface area contributed by atoms with Crippen LogP contribution in [0.25, 0.3) is 44.3 Å². The standard InChI is InChI=1S/C31H31F2N5O2.C16H11ClF2N2.C15H21N3O2/c1-19-13-21(3-6-34-19)28-20(2)29(27-24(33)14-22(32)15-25(27)36-28)38-18-31(4-9-39-10-5-31)30-26(38)16-23(17-35-30)37-7-11-40-12-8-37;1-8-5-10(3-4-20-8)16-9(2)15(17)14-12(19)6-11(18)7-13(14)21-16;1-5-19-6-2-15(1)11-17-13-9-12(10-16-14(13)15)18-3-7-20-8-4-18/h3,6,13-17H,4-5,7-12,18H2,1-2H3;3-7H,1-2H3;9-10,17H,1-8,11H2. The van der Waals surface area contributed by atoms with Crippen molar-refractivity contribution in [3.63, 3.8) is 0 Å². The van der Waals surface area contributed by atoms with Crippen LogP contribution < -0.4 is 20.0 Å². The number of fused-ring (bicyclic) bond motifs is 6. The number of anilines is 5. The Bertz CT molecular complexity index is 3680. The number of hydrogen-bond acceptors (Lipinski definition) is 14. The number of aryl methyl sites for hydroxylation is 2. The van der Waals surface area contributed by atoms with Crippen LogP contribution in [0, 0.1) is 51.0 Å². The Hall–Kier alpha value is -7.09. The number of hydrogen-bond donors (Lipinski definition) is 1. The van der Waals surface area contributed by atoms with Gasteiger partial charge >= 0.3 is 0 Å². The predicted octanol–water partition coefficient (Wildman–Crippen LogP) is 11.9. The highest BCUT2D eigenvalue weighted by Crippen LogP contribution is 2.53. The van der Waals surface area contributed by atoms with Crippen LogP contribution in [-0.2, 0) is 29.8 Å². The lowest BCUT2D eigenvalue weighted by Gasteiger charge is -2.34. The Morgan fingerprint density at radius 3 is 1.60 bits per heavy atom. The second kappa shape index (κ2) is 22.7. The van der Waals surface area contributed by atoms with Crippen LogP contribution in [0.5, 0.6) is 0 Å². The Balaban J connectivity index is 0.000000133. The lowest BCUT2D eigenvalue weighted by Crippen LogP contribution is -2.38. The molecular formula is C62H63ClF4N10O4. The van der Waals surface area contributed by atoms with Crippen LogP contribution in [0.2, 0.25) is 5.02 Å². The van der Waals surface area contributed by atoms with Crippen LogP contribution >= 0.6 is 11.6 Å². The fourth-order valence-corrected chi connectivity index (χ4v) is 12.7. The topological polar surface area (TPSA) is 136 Å². The zero-order chi connectivity index (χ0) is 56.0. The maximum Gasteiger partial charge on any atom is 0.137 e. The van der Waals surface area contributed by atoms with Gasteiger partial charge in [0.15, 0.2) is 0 Å². The summed E-state index contributed by atoms with van der Waals surface area (Å²) in [5.74, 6) is -2.65. The summed E-state index contributed by atoms with van der Waals surface area (Å²) in [6.07, 6.45) is 11.2. The highest BCUT2D eigenvalue weighted by molar-refractivity contribution is 6.36. The molecule has 4 saturated heterocycles. The van der Waals surface area contributed by atoms with E-state index in [2.05, 4.69) is 47.1 Å². The highest BCUT2D eigenvalue weighted by atomic mass is 35.5. The summed E-state index contributed by atoms with van der Waals surface area (Å²) < 4.78 is 79.9. The van der Waals surface area contributed by atoms with Gasteiger partial charge in [-0.1, -0.05) is 11.6 Å². The maximum atomic E-state index is 15.7. The lowest BCUT2D eigenvalue weighted by atomic mass is 9.78. The van der Waals surface area contributed by atoms with Crippen molar-refractivity contribution in [2.45, 2.75) is 64.2 Å². The monoisotopic (exact) mass is 1120 g/mol. The molecule has 12 heterocycles. The molecule has 0 amide bonds. The third-order valence-corrected chi connectivity index (χ3v) is 17.2. The van der Waals surface area contributed by atoms with E-state index in [1.807, 2.05) is 51.4 Å². The predicted molar refractivity (Wildman–Crippen MR) is 307 cm³/mol. The van der Waals surface area contributed by atoms with Gasteiger partial charge in [0.25, 0.3) is 0 Å². The van der Waals surface area contributed by atoms with Crippen LogP contribution in [0.4, 0.5) is 46.0 Å². The number of morpholine rings is 2. The highest BCUT2D eigenvalue weighted by Gasteiger charge is 2.47. The first-order valence-electron chi connectivity index (χ1n) is 27.7. The molecule has 1 N–H and O–H groups in total. The number of halogens is 5. The third kappa shape index (κ3) is 10.6. The summed E-state index contributed by atoms with van der Waals surface area (Å²) in [6.45, 7) is 18.6. The van der Waals surface area contributed by atoms with Crippen LogP contribution in [0.3, 0.4) is 0 Å². The Morgan fingerprint density at radius 1 is 0.543 bits per heavy atom. The van der Waals surface area contributed by atoms with E-state index in [-0.39, 0.29) is 32.3 Å². The van der Waals surface area contributed by atoms with Crippen molar-refractivity contribution < 1.29 is 36.5 Å². The fourth-order valence-electron chi connectivity index (χ4n) is 12.4. The smallest absolute Gasteiger partial charge is 0.137 e. The fraction of sp³-hybridized carbons (Fsp3) is 0.387. The first kappa shape index (κ1) is 54.5. The van der Waals surface area contributed by atoms with E-state index in [4.69, 9.17) is 45.5 Å². The van der Waals surface area contributed by atoms with Crippen LogP contribution in [-0.4, -0.2) is 122 Å². The summed E-state index contributed by atoms with van der Waals surface area (Å²) in [7, 11) is 0. The van der Waals surface area contributed by atoms with E-state index >= 15 is 4.39 Å². The molecule has 4 fully saturated rings. The van der Waals surface area contributed by atoms with Crippen molar-refractivity contribution in [1.82, 2.24) is 29.9 Å². The molecule has 6 aromatic heterocycles. The summed E-state index contributed by atoms with van der Waals surface area (Å²) in [4.78, 5) is 34.4. The van der Waals surface area contributed by atoms with Crippen molar-refractivity contribution in [2.75, 3.05) is 112 Å². The molecule has 0 atom stereocenters. The van der Waals surface area contributed by atoms with E-state index in [1.54, 1.807) is 25.4 Å². The van der Waals surface area contributed by atoms with Gasteiger partial charge in [-0.3, -0.25) is 19.9 Å². The van der Waals surface area contributed by atoms with Crippen molar-refractivity contribution in [2.24, 2.45) is 0 Å². The van der Waals surface area contributed by atoms with Crippen molar-refractivity contribution >= 4 is 61.8 Å². The quantitative estimate of drug-likeness (QED) is 0.164. The number of aromatic nitrogens is 6. The summed E-state index contributed by atoms with van der Waals surface area (Å²) in [5.41, 5.74) is 14.0. The molecule has 0 radical (unpaired) electrons. The minimum absolute atomic E-state index is 0.144. The normalized spacial score (nSPS) is 18.1. The zero-order valence-electron chi connectivity index (χ0n) is 45.9. The molecule has 0 saturated carbocycles. The van der Waals surface area contributed by atoms with Crippen molar-refractivity contribution in [3.8, 4) is 22.5 Å². The molecule has 0 aliphatic carbocycles. The van der Waals surface area contributed by atoms with Gasteiger partial charge in [-0.15, -0.1) is 0 Å². The Morgan fingerprint density at radius 2 is 1.04 bits per heavy atom. The molecule has 6 aliphatic heterocycles. The summed E-state index contributed by atoms with van der Waals surface area (Å²) >= 11 is 6.26. The van der Waals surface area contributed by atoms with E-state index in [9.17, 15) is 13.2 Å². The van der Waals surface area contributed by atoms with E-state index in [0.29, 0.717) is 61.0 Å². The van der Waals surface area contributed by atoms with Gasteiger partial charge in [0.1, 0.15) is 23.3 Å². The Kier molecular flexibility index (Phi) is 15.3. The molecule has 14 nitrogen and oxygen atoms in total. The minimum atomic E-state index is -0.706. The average Bonchev–Trinajstić information content (AvgIpc) is 3.70. The zero-order valence-corrected chi connectivity index (χ0v) is 46.6. The third-order valence-electron chi connectivity index (χ3n) is 16.7. The minimum Gasteiger partial charge on any atom is -0.383 e. The largest absolute Gasteiger partial charge is 0.383 e. The maximum absolute atomic E-state index is 15.7. The summed E-state index contributed by atoms with van der Waals surface area (Å²) in [5, 5.41) is 4.28. The SMILES string of the molecule is Cc1cc(-c2nc3cc(F)cc(F)c3c(Cl)c2C)ccn1.Cc1cc(-c2nc3cc(F)cc(F)c3c(N3CC4(CCOCC4)c4ncc(N5CCOCC5)cc43)c2C)ccn1.c1nc2c(cc1N1CCOCC1)NCC21CCOCC1. The van der Waals surface area contributed by atoms with E-state index in [1.165, 1.54) is 29.2 Å². The van der Waals surface area contributed by atoms with Gasteiger partial charge in [-0.25, -0.2) is 27.5 Å². The average molecular weight is 1120 g/mol. The molecule has 19 heteroatoms. The van der Waals surface area contributed by atoms with Gasteiger partial charge in [0.2, 0.25) is 0 Å². The lowest BCUT2D eigenvalue weighted by molar-refractivity contribution is 0.0545. The molecule has 2 spiro atoms. The van der Waals surface area contributed by atoms with E-state index in [0.717, 1.165) is 142 Å². The summed E-state index contributed by atoms with van der Waals surface area (Å²) in [6, 6.07) is 16.2. The number of rotatable bonds is 5. The molecule has 8 aromatic rings. The second-order valence-electron chi connectivity index (χ2n) is 21.8. The van der Waals surface area contributed by atoms with Gasteiger partial charge in [-0.05, 0) is 101 Å². The molecule has 81 heavy (non-hydrogen) atoms.